The van der Waals surface area contributed by atoms with Crippen molar-refractivity contribution in [3.8, 4) is 5.75 Å². The van der Waals surface area contributed by atoms with Crippen molar-refractivity contribution in [2.75, 3.05) is 31.1 Å². The number of fused-ring (bicyclic) bond motifs is 1. The molecule has 0 spiro atoms. The maximum Gasteiger partial charge on any atom is 0.128 e. The number of pyridine rings is 1. The average molecular weight is 319 g/mol. The quantitative estimate of drug-likeness (QED) is 0.804. The van der Waals surface area contributed by atoms with Crippen LogP contribution < -0.4 is 4.90 Å². The van der Waals surface area contributed by atoms with Crippen molar-refractivity contribution >= 4 is 16.6 Å². The maximum absolute atomic E-state index is 10.3. The van der Waals surface area contributed by atoms with Crippen molar-refractivity contribution in [1.82, 2.24) is 9.88 Å². The molecule has 2 heterocycles. The largest absolute Gasteiger partial charge is 0.508 e. The van der Waals surface area contributed by atoms with Crippen molar-refractivity contribution in [2.24, 2.45) is 0 Å². The van der Waals surface area contributed by atoms with Crippen molar-refractivity contribution in [3.63, 3.8) is 0 Å². The van der Waals surface area contributed by atoms with E-state index in [4.69, 9.17) is 0 Å². The molecule has 4 rings (SSSR count). The number of aromatic hydroxyl groups is 1. The normalized spacial score (nSPS) is 15.8. The molecule has 2 aromatic carbocycles. The van der Waals surface area contributed by atoms with Gasteiger partial charge in [0.15, 0.2) is 0 Å². The van der Waals surface area contributed by atoms with Gasteiger partial charge in [-0.2, -0.15) is 0 Å². The molecule has 122 valence electrons. The van der Waals surface area contributed by atoms with Gasteiger partial charge in [0.05, 0.1) is 0 Å². The Labute approximate surface area is 142 Å². The van der Waals surface area contributed by atoms with Crippen LogP contribution in [0.15, 0.2) is 60.8 Å². The van der Waals surface area contributed by atoms with Gasteiger partial charge < -0.3 is 10.0 Å². The molecule has 0 atom stereocenters. The number of aromatic nitrogens is 1. The molecule has 4 nitrogen and oxygen atoms in total. The monoisotopic (exact) mass is 319 g/mol. The van der Waals surface area contributed by atoms with Crippen LogP contribution in [0.2, 0.25) is 0 Å². The standard InChI is InChI=1S/C20H21N3O/c24-19-9-8-16-5-1-2-6-17(16)18(19)15-22-11-13-23(14-12-22)20-7-3-4-10-21-20/h1-10,24H,11-15H2. The van der Waals surface area contributed by atoms with E-state index in [1.165, 1.54) is 5.39 Å². The number of piperazine rings is 1. The zero-order chi connectivity index (χ0) is 16.4. The van der Waals surface area contributed by atoms with E-state index in [2.05, 4.69) is 33.0 Å². The first-order chi connectivity index (χ1) is 11.8. The Morgan fingerprint density at radius 1 is 0.875 bits per heavy atom. The zero-order valence-electron chi connectivity index (χ0n) is 13.6. The highest BCUT2D eigenvalue weighted by atomic mass is 16.3. The van der Waals surface area contributed by atoms with Gasteiger partial charge in [0.1, 0.15) is 11.6 Å². The lowest BCUT2D eigenvalue weighted by molar-refractivity contribution is 0.247. The highest BCUT2D eigenvalue weighted by Gasteiger charge is 2.19. The molecular formula is C20H21N3O. The van der Waals surface area contributed by atoms with Gasteiger partial charge in [0.2, 0.25) is 0 Å². The van der Waals surface area contributed by atoms with E-state index in [-0.39, 0.29) is 0 Å². The van der Waals surface area contributed by atoms with Crippen LogP contribution in [0.3, 0.4) is 0 Å². The molecule has 0 saturated carbocycles. The lowest BCUT2D eigenvalue weighted by Crippen LogP contribution is -2.46. The third-order valence-electron chi connectivity index (χ3n) is 4.74. The summed E-state index contributed by atoms with van der Waals surface area (Å²) in [6, 6.07) is 18.1. The summed E-state index contributed by atoms with van der Waals surface area (Å²) in [6.45, 7) is 4.65. The fourth-order valence-corrected chi connectivity index (χ4v) is 3.39. The van der Waals surface area contributed by atoms with Crippen LogP contribution >= 0.6 is 0 Å². The number of hydrogen-bond acceptors (Lipinski definition) is 4. The van der Waals surface area contributed by atoms with Crippen molar-refractivity contribution in [3.05, 3.63) is 66.4 Å². The number of benzene rings is 2. The molecule has 0 unspecified atom stereocenters. The van der Waals surface area contributed by atoms with E-state index in [1.54, 1.807) is 0 Å². The lowest BCUT2D eigenvalue weighted by atomic mass is 10.0. The molecule has 1 aliphatic rings. The number of rotatable bonds is 3. The summed E-state index contributed by atoms with van der Waals surface area (Å²) in [4.78, 5) is 9.16. The Bertz CT molecular complexity index is 827. The predicted octanol–water partition coefficient (Wildman–Crippen LogP) is 3.26. The Balaban J connectivity index is 1.49. The molecule has 4 heteroatoms. The van der Waals surface area contributed by atoms with Gasteiger partial charge in [-0.05, 0) is 29.0 Å². The fraction of sp³-hybridized carbons (Fsp3) is 0.250. The second-order valence-corrected chi connectivity index (χ2v) is 6.24. The molecule has 1 fully saturated rings. The molecule has 1 N–H and O–H groups in total. The minimum atomic E-state index is 0.390. The first kappa shape index (κ1) is 15.0. The molecule has 3 aromatic rings. The van der Waals surface area contributed by atoms with E-state index in [1.807, 2.05) is 42.6 Å². The number of phenolic OH excluding ortho intramolecular Hbond substituents is 1. The van der Waals surface area contributed by atoms with Gasteiger partial charge >= 0.3 is 0 Å². The summed E-state index contributed by atoms with van der Waals surface area (Å²) >= 11 is 0. The van der Waals surface area contributed by atoms with Gasteiger partial charge in [-0.1, -0.05) is 36.4 Å². The summed E-state index contributed by atoms with van der Waals surface area (Å²) < 4.78 is 0. The highest BCUT2D eigenvalue weighted by molar-refractivity contribution is 5.87. The molecule has 0 aliphatic carbocycles. The Morgan fingerprint density at radius 2 is 1.67 bits per heavy atom. The van der Waals surface area contributed by atoms with Gasteiger partial charge in [0, 0.05) is 44.5 Å². The topological polar surface area (TPSA) is 39.6 Å². The molecule has 0 bridgehead atoms. The zero-order valence-corrected chi connectivity index (χ0v) is 13.6. The van der Waals surface area contributed by atoms with Crippen LogP contribution in [-0.4, -0.2) is 41.2 Å². The summed E-state index contributed by atoms with van der Waals surface area (Å²) in [5.41, 5.74) is 1.03. The maximum atomic E-state index is 10.3. The second-order valence-electron chi connectivity index (χ2n) is 6.24. The van der Waals surface area contributed by atoms with Crippen LogP contribution in [0, 0.1) is 0 Å². The van der Waals surface area contributed by atoms with Gasteiger partial charge in [-0.25, -0.2) is 4.98 Å². The molecule has 0 amide bonds. The Kier molecular flexibility index (Phi) is 4.05. The Hall–Kier alpha value is -2.59. The molecule has 1 aromatic heterocycles. The van der Waals surface area contributed by atoms with Crippen molar-refractivity contribution in [2.45, 2.75) is 6.54 Å². The van der Waals surface area contributed by atoms with E-state index in [0.29, 0.717) is 5.75 Å². The van der Waals surface area contributed by atoms with E-state index < -0.39 is 0 Å². The third kappa shape index (κ3) is 2.93. The van der Waals surface area contributed by atoms with Crippen LogP contribution in [0.1, 0.15) is 5.56 Å². The first-order valence-electron chi connectivity index (χ1n) is 8.39. The van der Waals surface area contributed by atoms with Crippen molar-refractivity contribution < 1.29 is 5.11 Å². The fourth-order valence-electron chi connectivity index (χ4n) is 3.39. The molecule has 1 aliphatic heterocycles. The lowest BCUT2D eigenvalue weighted by Gasteiger charge is -2.35. The van der Waals surface area contributed by atoms with E-state index >= 15 is 0 Å². The van der Waals surface area contributed by atoms with Crippen LogP contribution in [-0.2, 0) is 6.54 Å². The molecule has 0 radical (unpaired) electrons. The summed E-state index contributed by atoms with van der Waals surface area (Å²) in [5, 5.41) is 12.6. The second kappa shape index (κ2) is 6.49. The minimum absolute atomic E-state index is 0.390. The van der Waals surface area contributed by atoms with Crippen LogP contribution in [0.5, 0.6) is 5.75 Å². The summed E-state index contributed by atoms with van der Waals surface area (Å²) in [7, 11) is 0. The predicted molar refractivity (Wildman–Crippen MR) is 97.3 cm³/mol. The summed E-state index contributed by atoms with van der Waals surface area (Å²) in [5.74, 6) is 1.44. The third-order valence-corrected chi connectivity index (χ3v) is 4.74. The smallest absolute Gasteiger partial charge is 0.128 e. The molecular weight excluding hydrogens is 298 g/mol. The number of anilines is 1. The van der Waals surface area contributed by atoms with Gasteiger partial charge in [0.25, 0.3) is 0 Å². The molecule has 1 saturated heterocycles. The Morgan fingerprint density at radius 3 is 2.46 bits per heavy atom. The highest BCUT2D eigenvalue weighted by Crippen LogP contribution is 2.28. The number of hydrogen-bond donors (Lipinski definition) is 1. The first-order valence-corrected chi connectivity index (χ1v) is 8.39. The number of nitrogens with zero attached hydrogens (tertiary/aromatic N) is 3. The SMILES string of the molecule is Oc1ccc2ccccc2c1CN1CCN(c2ccccn2)CC1. The minimum Gasteiger partial charge on any atom is -0.508 e. The van der Waals surface area contributed by atoms with Gasteiger partial charge in [-0.15, -0.1) is 0 Å². The number of phenols is 1. The van der Waals surface area contributed by atoms with E-state index in [9.17, 15) is 5.11 Å². The molecule has 24 heavy (non-hydrogen) atoms. The van der Waals surface area contributed by atoms with Gasteiger partial charge in [-0.3, -0.25) is 4.90 Å². The van der Waals surface area contributed by atoms with E-state index in [0.717, 1.165) is 49.5 Å². The van der Waals surface area contributed by atoms with Crippen LogP contribution in [0.4, 0.5) is 5.82 Å². The summed E-state index contributed by atoms with van der Waals surface area (Å²) in [6.07, 6.45) is 1.84. The average Bonchev–Trinajstić information content (AvgIpc) is 2.65. The van der Waals surface area contributed by atoms with Crippen LogP contribution in [0.25, 0.3) is 10.8 Å². The van der Waals surface area contributed by atoms with Crippen molar-refractivity contribution in [1.29, 1.82) is 0 Å².